The molecule has 106 valence electrons. The van der Waals surface area contributed by atoms with Crippen LogP contribution in [0.1, 0.15) is 17.4 Å². The van der Waals surface area contributed by atoms with E-state index in [0.717, 1.165) is 0 Å². The van der Waals surface area contributed by atoms with Gasteiger partial charge in [0.05, 0.1) is 16.3 Å². The first kappa shape index (κ1) is 14.0. The Hall–Kier alpha value is -2.42. The van der Waals surface area contributed by atoms with Gasteiger partial charge in [0.2, 0.25) is 11.5 Å². The van der Waals surface area contributed by atoms with Gasteiger partial charge >= 0.3 is 0 Å². The van der Waals surface area contributed by atoms with E-state index in [4.69, 9.17) is 5.73 Å². The van der Waals surface area contributed by atoms with Crippen LogP contribution in [0.4, 0.5) is 11.5 Å². The molecule has 0 radical (unpaired) electrons. The molecule has 9 heteroatoms. The summed E-state index contributed by atoms with van der Waals surface area (Å²) in [6, 6.07) is 6.07. The first-order chi connectivity index (χ1) is 9.45. The number of para-hydroxylation sites is 1. The number of benzene rings is 1. The van der Waals surface area contributed by atoms with Gasteiger partial charge in [-0.25, -0.2) is 13.0 Å². The van der Waals surface area contributed by atoms with Crippen LogP contribution in [0.2, 0.25) is 0 Å². The maximum atomic E-state index is 11.9. The Morgan fingerprint density at radius 2 is 2.05 bits per heavy atom. The molecule has 1 aromatic carbocycles. The van der Waals surface area contributed by atoms with Crippen molar-refractivity contribution in [1.82, 2.24) is 10.3 Å². The molecular weight excluding hydrogens is 284 g/mol. The molecule has 0 saturated heterocycles. The zero-order valence-corrected chi connectivity index (χ0v) is 11.3. The van der Waals surface area contributed by atoms with Crippen molar-refractivity contribution in [2.24, 2.45) is 0 Å². The second-order valence-corrected chi connectivity index (χ2v) is 6.10. The fourth-order valence-electron chi connectivity index (χ4n) is 1.53. The summed E-state index contributed by atoms with van der Waals surface area (Å²) >= 11 is 0. The summed E-state index contributed by atoms with van der Waals surface area (Å²) in [6.45, 7) is 1.52. The van der Waals surface area contributed by atoms with Crippen LogP contribution in [0.25, 0.3) is 0 Å². The van der Waals surface area contributed by atoms with E-state index in [1.165, 1.54) is 19.1 Å². The number of anilines is 2. The number of carbonyl (C=O) groups is 1. The number of nitrogen functional groups attached to an aromatic ring is 1. The van der Waals surface area contributed by atoms with Crippen LogP contribution in [0.3, 0.4) is 0 Å². The Kier molecular flexibility index (Phi) is 3.70. The van der Waals surface area contributed by atoms with Gasteiger partial charge in [0.15, 0.2) is 9.84 Å². The summed E-state index contributed by atoms with van der Waals surface area (Å²) in [4.78, 5) is 11.9. The van der Waals surface area contributed by atoms with E-state index < -0.39 is 15.7 Å². The Bertz CT molecular complexity index is 738. The van der Waals surface area contributed by atoms with E-state index >= 15 is 0 Å². The highest BCUT2D eigenvalue weighted by molar-refractivity contribution is 7.91. The average Bonchev–Trinajstić information content (AvgIpc) is 2.85. The average molecular weight is 296 g/mol. The lowest BCUT2D eigenvalue weighted by Gasteiger charge is -2.09. The molecule has 1 aromatic heterocycles. The molecule has 2 rings (SSSR count). The van der Waals surface area contributed by atoms with Crippen LogP contribution in [0, 0.1) is 0 Å². The number of hydrogen-bond acceptors (Lipinski definition) is 7. The summed E-state index contributed by atoms with van der Waals surface area (Å²) in [5.41, 5.74) is 5.35. The highest BCUT2D eigenvalue weighted by atomic mass is 32.2. The lowest BCUT2D eigenvalue weighted by atomic mass is 10.3. The van der Waals surface area contributed by atoms with E-state index in [0.29, 0.717) is 0 Å². The van der Waals surface area contributed by atoms with E-state index in [2.05, 4.69) is 20.3 Å². The molecule has 1 heterocycles. The Balaban J connectivity index is 2.36. The van der Waals surface area contributed by atoms with E-state index in [1.807, 2.05) is 0 Å². The Morgan fingerprint density at radius 1 is 1.35 bits per heavy atom. The zero-order chi connectivity index (χ0) is 14.8. The van der Waals surface area contributed by atoms with Gasteiger partial charge in [0.25, 0.3) is 5.91 Å². The van der Waals surface area contributed by atoms with Gasteiger partial charge in [-0.15, -0.1) is 0 Å². The summed E-state index contributed by atoms with van der Waals surface area (Å²) in [7, 11) is -3.46. The normalized spacial score (nSPS) is 11.2. The zero-order valence-electron chi connectivity index (χ0n) is 10.5. The molecule has 20 heavy (non-hydrogen) atoms. The van der Waals surface area contributed by atoms with Gasteiger partial charge in [0, 0.05) is 0 Å². The van der Waals surface area contributed by atoms with Crippen molar-refractivity contribution in [3.05, 3.63) is 30.0 Å². The van der Waals surface area contributed by atoms with Gasteiger partial charge in [-0.3, -0.25) is 4.79 Å². The smallest absolute Gasteiger partial charge is 0.281 e. The number of sulfone groups is 1. The third-order valence-electron chi connectivity index (χ3n) is 2.58. The Morgan fingerprint density at radius 3 is 2.65 bits per heavy atom. The van der Waals surface area contributed by atoms with Gasteiger partial charge < -0.3 is 11.1 Å². The van der Waals surface area contributed by atoms with E-state index in [-0.39, 0.29) is 27.8 Å². The maximum absolute atomic E-state index is 11.9. The SMILES string of the molecule is CCS(=O)(=O)c1ccccc1NC(=O)c1nonc1N. The molecule has 0 aliphatic heterocycles. The molecule has 0 unspecified atom stereocenters. The van der Waals surface area contributed by atoms with Crippen LogP contribution in [0.15, 0.2) is 33.8 Å². The molecule has 8 nitrogen and oxygen atoms in total. The molecule has 0 spiro atoms. The number of aromatic nitrogens is 2. The third kappa shape index (κ3) is 2.62. The van der Waals surface area contributed by atoms with Crippen molar-refractivity contribution in [3.63, 3.8) is 0 Å². The van der Waals surface area contributed by atoms with Crippen molar-refractivity contribution in [2.45, 2.75) is 11.8 Å². The first-order valence-electron chi connectivity index (χ1n) is 5.67. The summed E-state index contributed by atoms with van der Waals surface area (Å²) in [5, 5.41) is 9.06. The largest absolute Gasteiger partial charge is 0.379 e. The number of nitrogens with one attached hydrogen (secondary N) is 1. The highest BCUT2D eigenvalue weighted by Crippen LogP contribution is 2.22. The second-order valence-electron chi connectivity index (χ2n) is 3.85. The number of amides is 1. The molecule has 1 amide bonds. The van der Waals surface area contributed by atoms with Gasteiger partial charge in [-0.1, -0.05) is 19.1 Å². The number of hydrogen-bond donors (Lipinski definition) is 2. The summed E-state index contributed by atoms with van der Waals surface area (Å²) in [6.07, 6.45) is 0. The number of nitrogens with zero attached hydrogens (tertiary/aromatic N) is 2. The molecule has 0 fully saturated rings. The monoisotopic (exact) mass is 296 g/mol. The number of rotatable bonds is 4. The van der Waals surface area contributed by atoms with Crippen molar-refractivity contribution in [2.75, 3.05) is 16.8 Å². The van der Waals surface area contributed by atoms with Crippen LogP contribution >= 0.6 is 0 Å². The third-order valence-corrected chi connectivity index (χ3v) is 4.37. The van der Waals surface area contributed by atoms with Gasteiger partial charge in [-0.2, -0.15) is 0 Å². The molecule has 2 aromatic rings. The first-order valence-corrected chi connectivity index (χ1v) is 7.32. The van der Waals surface area contributed by atoms with Crippen LogP contribution in [-0.4, -0.2) is 30.4 Å². The van der Waals surface area contributed by atoms with Crippen molar-refractivity contribution in [3.8, 4) is 0 Å². The molecule has 0 atom stereocenters. The summed E-state index contributed by atoms with van der Waals surface area (Å²) in [5.74, 6) is -0.936. The van der Waals surface area contributed by atoms with Crippen LogP contribution in [0.5, 0.6) is 0 Å². The molecular formula is C11H12N4O4S. The van der Waals surface area contributed by atoms with Crippen molar-refractivity contribution in [1.29, 1.82) is 0 Å². The predicted molar refractivity (Wildman–Crippen MR) is 70.8 cm³/mol. The standard InChI is InChI=1S/C11H12N4O4S/c1-2-20(17,18)8-6-4-3-5-7(8)13-11(16)9-10(12)15-19-14-9/h3-6H,2H2,1H3,(H2,12,15)(H,13,16). The van der Waals surface area contributed by atoms with Crippen LogP contribution in [-0.2, 0) is 9.84 Å². The molecule has 3 N–H and O–H groups in total. The fraction of sp³-hybridized carbons (Fsp3) is 0.182. The van der Waals surface area contributed by atoms with Crippen molar-refractivity contribution >= 4 is 27.2 Å². The van der Waals surface area contributed by atoms with E-state index in [1.54, 1.807) is 12.1 Å². The minimum Gasteiger partial charge on any atom is -0.379 e. The Labute approximate surface area is 114 Å². The minimum atomic E-state index is -3.46. The van der Waals surface area contributed by atoms with Gasteiger partial charge in [-0.05, 0) is 22.4 Å². The topological polar surface area (TPSA) is 128 Å². The predicted octanol–water partition coefficient (Wildman–Crippen LogP) is 0.698. The quantitative estimate of drug-likeness (QED) is 0.849. The van der Waals surface area contributed by atoms with E-state index in [9.17, 15) is 13.2 Å². The molecule has 0 aliphatic rings. The second kappa shape index (κ2) is 5.29. The van der Waals surface area contributed by atoms with Crippen LogP contribution < -0.4 is 11.1 Å². The lowest BCUT2D eigenvalue weighted by molar-refractivity contribution is 0.101. The fourth-order valence-corrected chi connectivity index (χ4v) is 2.58. The maximum Gasteiger partial charge on any atom is 0.281 e. The van der Waals surface area contributed by atoms with Gasteiger partial charge in [0.1, 0.15) is 0 Å². The highest BCUT2D eigenvalue weighted by Gasteiger charge is 2.21. The molecule has 0 bridgehead atoms. The number of carbonyl (C=O) groups excluding carboxylic acids is 1. The summed E-state index contributed by atoms with van der Waals surface area (Å²) < 4.78 is 28.2. The van der Waals surface area contributed by atoms with Crippen molar-refractivity contribution < 1.29 is 17.8 Å². The molecule has 0 saturated carbocycles. The minimum absolute atomic E-state index is 0.0332. The molecule has 0 aliphatic carbocycles. The lowest BCUT2D eigenvalue weighted by Crippen LogP contribution is -2.17. The number of nitrogens with two attached hydrogens (primary N) is 1.